The molecule has 2 bridgehead atoms. The second kappa shape index (κ2) is 5.20. The Hall–Kier alpha value is -0.530. The molecule has 0 aliphatic heterocycles. The summed E-state index contributed by atoms with van der Waals surface area (Å²) in [6, 6.07) is 0. The molecule has 1 N–H and O–H groups in total. The molecule has 92 valence electrons. The molecule has 0 radical (unpaired) electrons. The van der Waals surface area contributed by atoms with E-state index >= 15 is 0 Å². The summed E-state index contributed by atoms with van der Waals surface area (Å²) in [7, 11) is 0. The van der Waals surface area contributed by atoms with Gasteiger partial charge in [0.1, 0.15) is 0 Å². The number of aliphatic carboxylic acids is 1. The standard InChI is InChI=1S/C14H24O2/c1-2-3-4-5-12(14(15)16)13-9-10-6-7-11(13)8-10/h10-13H,2-9H2,1H3,(H,15,16). The minimum Gasteiger partial charge on any atom is -0.481 e. The minimum absolute atomic E-state index is 0.0400. The Morgan fingerprint density at radius 2 is 2.12 bits per heavy atom. The van der Waals surface area contributed by atoms with Crippen LogP contribution in [0.2, 0.25) is 0 Å². The molecule has 0 aromatic carbocycles. The normalized spacial score (nSPS) is 34.2. The van der Waals surface area contributed by atoms with Crippen LogP contribution in [0.4, 0.5) is 0 Å². The maximum Gasteiger partial charge on any atom is 0.306 e. The zero-order chi connectivity index (χ0) is 11.5. The van der Waals surface area contributed by atoms with Gasteiger partial charge in [-0.3, -0.25) is 4.79 Å². The van der Waals surface area contributed by atoms with Gasteiger partial charge in [-0.1, -0.05) is 32.6 Å². The van der Waals surface area contributed by atoms with Gasteiger partial charge in [0.05, 0.1) is 5.92 Å². The Balaban J connectivity index is 1.89. The predicted molar refractivity (Wildman–Crippen MR) is 64.2 cm³/mol. The van der Waals surface area contributed by atoms with E-state index in [0.29, 0.717) is 5.92 Å². The van der Waals surface area contributed by atoms with Crippen LogP contribution in [0.3, 0.4) is 0 Å². The molecule has 0 aromatic heterocycles. The van der Waals surface area contributed by atoms with E-state index in [1.54, 1.807) is 0 Å². The summed E-state index contributed by atoms with van der Waals surface area (Å²) in [5.74, 6) is 1.54. The number of carboxylic acids is 1. The largest absolute Gasteiger partial charge is 0.481 e. The van der Waals surface area contributed by atoms with Crippen molar-refractivity contribution in [3.8, 4) is 0 Å². The molecule has 0 aromatic rings. The van der Waals surface area contributed by atoms with Crippen molar-refractivity contribution in [2.75, 3.05) is 0 Å². The van der Waals surface area contributed by atoms with Crippen molar-refractivity contribution in [1.29, 1.82) is 0 Å². The van der Waals surface area contributed by atoms with E-state index in [9.17, 15) is 9.90 Å². The molecule has 0 heterocycles. The topological polar surface area (TPSA) is 37.3 Å². The maximum atomic E-state index is 11.4. The van der Waals surface area contributed by atoms with Crippen LogP contribution in [0, 0.1) is 23.7 Å². The van der Waals surface area contributed by atoms with Gasteiger partial charge < -0.3 is 5.11 Å². The molecule has 0 amide bonds. The molecule has 2 nitrogen and oxygen atoms in total. The van der Waals surface area contributed by atoms with Gasteiger partial charge in [0.15, 0.2) is 0 Å². The smallest absolute Gasteiger partial charge is 0.306 e. The van der Waals surface area contributed by atoms with E-state index in [1.807, 2.05) is 0 Å². The van der Waals surface area contributed by atoms with Crippen LogP contribution in [0.25, 0.3) is 0 Å². The van der Waals surface area contributed by atoms with Crippen molar-refractivity contribution in [3.05, 3.63) is 0 Å². The van der Waals surface area contributed by atoms with Gasteiger partial charge in [-0.05, 0) is 43.4 Å². The molecule has 0 spiro atoms. The summed E-state index contributed by atoms with van der Waals surface area (Å²) in [5.41, 5.74) is 0. The molecule has 2 rings (SSSR count). The lowest BCUT2D eigenvalue weighted by Gasteiger charge is -2.27. The van der Waals surface area contributed by atoms with E-state index in [2.05, 4.69) is 6.92 Å². The van der Waals surface area contributed by atoms with Crippen molar-refractivity contribution in [2.24, 2.45) is 23.7 Å². The third-order valence-corrected chi connectivity index (χ3v) is 4.75. The molecule has 2 aliphatic rings. The molecule has 2 aliphatic carbocycles. The lowest BCUT2D eigenvalue weighted by atomic mass is 9.77. The Morgan fingerprint density at radius 3 is 2.62 bits per heavy atom. The van der Waals surface area contributed by atoms with Crippen LogP contribution in [-0.4, -0.2) is 11.1 Å². The number of rotatable bonds is 6. The maximum absolute atomic E-state index is 11.4. The highest BCUT2D eigenvalue weighted by molar-refractivity contribution is 5.70. The fourth-order valence-corrected chi connectivity index (χ4v) is 3.92. The molecular weight excluding hydrogens is 200 g/mol. The van der Waals surface area contributed by atoms with Gasteiger partial charge in [-0.2, -0.15) is 0 Å². The van der Waals surface area contributed by atoms with Gasteiger partial charge >= 0.3 is 5.97 Å². The third kappa shape index (κ3) is 2.41. The molecule has 16 heavy (non-hydrogen) atoms. The highest BCUT2D eigenvalue weighted by Crippen LogP contribution is 2.51. The van der Waals surface area contributed by atoms with Gasteiger partial charge in [0.2, 0.25) is 0 Å². The number of fused-ring (bicyclic) bond motifs is 2. The highest BCUT2D eigenvalue weighted by Gasteiger charge is 2.44. The number of hydrogen-bond donors (Lipinski definition) is 1. The Kier molecular flexibility index (Phi) is 3.88. The Labute approximate surface area is 98.4 Å². The van der Waals surface area contributed by atoms with E-state index < -0.39 is 5.97 Å². The summed E-state index contributed by atoms with van der Waals surface area (Å²) in [6.07, 6.45) is 9.57. The van der Waals surface area contributed by atoms with E-state index in [4.69, 9.17) is 0 Å². The second-order valence-corrected chi connectivity index (χ2v) is 5.78. The zero-order valence-corrected chi connectivity index (χ0v) is 10.3. The monoisotopic (exact) mass is 224 g/mol. The van der Waals surface area contributed by atoms with E-state index in [-0.39, 0.29) is 5.92 Å². The van der Waals surface area contributed by atoms with Crippen LogP contribution in [-0.2, 0) is 4.79 Å². The molecule has 4 atom stereocenters. The number of carbonyl (C=O) groups is 1. The molecule has 2 heteroatoms. The van der Waals surface area contributed by atoms with Crippen LogP contribution in [0.15, 0.2) is 0 Å². The molecule has 2 fully saturated rings. The predicted octanol–water partition coefficient (Wildman–Crippen LogP) is 3.70. The Bertz CT molecular complexity index is 249. The minimum atomic E-state index is -0.534. The van der Waals surface area contributed by atoms with Crippen LogP contribution in [0.1, 0.15) is 58.3 Å². The molecule has 0 saturated heterocycles. The molecule has 2 saturated carbocycles. The lowest BCUT2D eigenvalue weighted by molar-refractivity contribution is -0.144. The first-order valence-corrected chi connectivity index (χ1v) is 6.95. The molecule has 4 unspecified atom stereocenters. The fraction of sp³-hybridized carbons (Fsp3) is 0.929. The van der Waals surface area contributed by atoms with Crippen LogP contribution in [0.5, 0.6) is 0 Å². The van der Waals surface area contributed by atoms with E-state index in [1.165, 1.54) is 38.5 Å². The summed E-state index contributed by atoms with van der Waals surface area (Å²) in [4.78, 5) is 11.4. The second-order valence-electron chi connectivity index (χ2n) is 5.78. The van der Waals surface area contributed by atoms with Gasteiger partial charge in [0, 0.05) is 0 Å². The first kappa shape index (κ1) is 11.9. The summed E-state index contributed by atoms with van der Waals surface area (Å²) in [6.45, 7) is 2.17. The average Bonchev–Trinajstić information content (AvgIpc) is 2.85. The summed E-state index contributed by atoms with van der Waals surface area (Å²) in [5, 5.41) is 9.36. The summed E-state index contributed by atoms with van der Waals surface area (Å²) < 4.78 is 0. The summed E-state index contributed by atoms with van der Waals surface area (Å²) >= 11 is 0. The molecular formula is C14H24O2. The quantitative estimate of drug-likeness (QED) is 0.698. The lowest BCUT2D eigenvalue weighted by Crippen LogP contribution is -2.27. The number of hydrogen-bond acceptors (Lipinski definition) is 1. The number of unbranched alkanes of at least 4 members (excludes halogenated alkanes) is 2. The fourth-order valence-electron chi connectivity index (χ4n) is 3.92. The van der Waals surface area contributed by atoms with Gasteiger partial charge in [0.25, 0.3) is 0 Å². The Morgan fingerprint density at radius 1 is 1.31 bits per heavy atom. The van der Waals surface area contributed by atoms with Crippen LogP contribution >= 0.6 is 0 Å². The van der Waals surface area contributed by atoms with Crippen molar-refractivity contribution in [1.82, 2.24) is 0 Å². The van der Waals surface area contributed by atoms with Crippen molar-refractivity contribution >= 4 is 5.97 Å². The first-order valence-electron chi connectivity index (χ1n) is 6.95. The van der Waals surface area contributed by atoms with E-state index in [0.717, 1.165) is 24.7 Å². The highest BCUT2D eigenvalue weighted by atomic mass is 16.4. The SMILES string of the molecule is CCCCCC(C(=O)O)C1CC2CCC1C2. The van der Waals surface area contributed by atoms with Gasteiger partial charge in [-0.25, -0.2) is 0 Å². The zero-order valence-electron chi connectivity index (χ0n) is 10.3. The van der Waals surface area contributed by atoms with Gasteiger partial charge in [-0.15, -0.1) is 0 Å². The third-order valence-electron chi connectivity index (χ3n) is 4.75. The first-order chi connectivity index (χ1) is 7.72. The number of carboxylic acid groups (broad SMARTS) is 1. The average molecular weight is 224 g/mol. The van der Waals surface area contributed by atoms with Crippen LogP contribution < -0.4 is 0 Å². The van der Waals surface area contributed by atoms with Crippen molar-refractivity contribution in [3.63, 3.8) is 0 Å². The van der Waals surface area contributed by atoms with Crippen molar-refractivity contribution in [2.45, 2.75) is 58.3 Å². The van der Waals surface area contributed by atoms with Crippen molar-refractivity contribution < 1.29 is 9.90 Å².